The minimum absolute atomic E-state index is 0.351. The van der Waals surface area contributed by atoms with Crippen LogP contribution in [0.1, 0.15) is 37.9 Å². The fourth-order valence-electron chi connectivity index (χ4n) is 1.65. The van der Waals surface area contributed by atoms with E-state index in [1.165, 1.54) is 12.8 Å². The Hall–Kier alpha value is -0.680. The van der Waals surface area contributed by atoms with Crippen molar-refractivity contribution in [2.75, 3.05) is 19.0 Å². The van der Waals surface area contributed by atoms with Crippen LogP contribution in [-0.4, -0.2) is 29.7 Å². The third-order valence-electron chi connectivity index (χ3n) is 2.80. The number of nitrogens with one attached hydrogen (secondary N) is 1. The molecular weight excluding hydrogens is 282 g/mol. The lowest BCUT2D eigenvalue weighted by Crippen LogP contribution is -2.18. The highest BCUT2D eigenvalue weighted by Crippen LogP contribution is 2.38. The highest BCUT2D eigenvalue weighted by Gasteiger charge is 2.27. The Bertz CT molecular complexity index is 382. The molecule has 17 heavy (non-hydrogen) atoms. The van der Waals surface area contributed by atoms with Gasteiger partial charge in [0.2, 0.25) is 0 Å². The fourth-order valence-corrected chi connectivity index (χ4v) is 2.05. The lowest BCUT2D eigenvalue weighted by Gasteiger charge is -2.14. The van der Waals surface area contributed by atoms with E-state index in [1.54, 1.807) is 7.11 Å². The van der Waals surface area contributed by atoms with E-state index in [0.29, 0.717) is 12.0 Å². The molecule has 1 aliphatic rings. The SMILES string of the molecule is COCCC(C)Nc1cc(Br)nc(C2CC2)n1. The number of hydrogen-bond donors (Lipinski definition) is 1. The molecule has 1 aromatic heterocycles. The zero-order valence-corrected chi connectivity index (χ0v) is 11.8. The molecule has 0 bridgehead atoms. The number of anilines is 1. The molecule has 0 spiro atoms. The quantitative estimate of drug-likeness (QED) is 0.821. The van der Waals surface area contributed by atoms with E-state index >= 15 is 0 Å². The molecule has 2 rings (SSSR count). The van der Waals surface area contributed by atoms with E-state index in [1.807, 2.05) is 6.07 Å². The van der Waals surface area contributed by atoms with E-state index in [2.05, 4.69) is 38.1 Å². The maximum Gasteiger partial charge on any atom is 0.135 e. The molecule has 94 valence electrons. The van der Waals surface area contributed by atoms with E-state index in [-0.39, 0.29) is 0 Å². The Morgan fingerprint density at radius 3 is 2.94 bits per heavy atom. The molecule has 0 aliphatic heterocycles. The van der Waals surface area contributed by atoms with Crippen LogP contribution >= 0.6 is 15.9 Å². The van der Waals surface area contributed by atoms with E-state index < -0.39 is 0 Å². The van der Waals surface area contributed by atoms with Crippen molar-refractivity contribution in [3.8, 4) is 0 Å². The number of aromatic nitrogens is 2. The van der Waals surface area contributed by atoms with Crippen LogP contribution in [0.25, 0.3) is 0 Å². The summed E-state index contributed by atoms with van der Waals surface area (Å²) in [6.45, 7) is 2.89. The molecule has 0 radical (unpaired) electrons. The lowest BCUT2D eigenvalue weighted by atomic mass is 10.2. The summed E-state index contributed by atoms with van der Waals surface area (Å²) in [4.78, 5) is 8.96. The van der Waals surface area contributed by atoms with Crippen LogP contribution in [-0.2, 0) is 4.74 Å². The van der Waals surface area contributed by atoms with Gasteiger partial charge in [0.1, 0.15) is 16.2 Å². The number of nitrogens with zero attached hydrogens (tertiary/aromatic N) is 2. The Balaban J connectivity index is 1.99. The largest absolute Gasteiger partial charge is 0.385 e. The van der Waals surface area contributed by atoms with Crippen LogP contribution in [0.2, 0.25) is 0 Å². The first-order chi connectivity index (χ1) is 8.19. The van der Waals surface area contributed by atoms with Gasteiger partial charge in [-0.2, -0.15) is 0 Å². The van der Waals surface area contributed by atoms with Gasteiger partial charge in [-0.25, -0.2) is 9.97 Å². The molecule has 1 unspecified atom stereocenters. The molecule has 0 saturated heterocycles. The second-order valence-corrected chi connectivity index (χ2v) is 5.35. The van der Waals surface area contributed by atoms with Gasteiger partial charge in [-0.3, -0.25) is 0 Å². The van der Waals surface area contributed by atoms with Gasteiger partial charge in [0.15, 0.2) is 0 Å². The second-order valence-electron chi connectivity index (χ2n) is 4.54. The van der Waals surface area contributed by atoms with Crippen LogP contribution in [0, 0.1) is 0 Å². The molecular formula is C12H18BrN3O. The standard InChI is InChI=1S/C12H18BrN3O/c1-8(5-6-17-2)14-11-7-10(13)15-12(16-11)9-3-4-9/h7-9H,3-6H2,1-2H3,(H,14,15,16). The van der Waals surface area contributed by atoms with E-state index in [0.717, 1.165) is 29.3 Å². The summed E-state index contributed by atoms with van der Waals surface area (Å²) in [6.07, 6.45) is 3.40. The van der Waals surface area contributed by atoms with Crippen LogP contribution in [0.4, 0.5) is 5.82 Å². The minimum atomic E-state index is 0.351. The van der Waals surface area contributed by atoms with Crippen molar-refractivity contribution in [2.24, 2.45) is 0 Å². The molecule has 1 aliphatic carbocycles. The summed E-state index contributed by atoms with van der Waals surface area (Å²) in [7, 11) is 1.72. The van der Waals surface area contributed by atoms with Gasteiger partial charge in [0.05, 0.1) is 0 Å². The summed E-state index contributed by atoms with van der Waals surface area (Å²) in [5.74, 6) is 2.43. The third kappa shape index (κ3) is 3.92. The maximum atomic E-state index is 5.06. The minimum Gasteiger partial charge on any atom is -0.385 e. The first-order valence-electron chi connectivity index (χ1n) is 5.99. The Morgan fingerprint density at radius 2 is 2.29 bits per heavy atom. The third-order valence-corrected chi connectivity index (χ3v) is 3.21. The number of ether oxygens (including phenoxy) is 1. The van der Waals surface area contributed by atoms with Gasteiger partial charge >= 0.3 is 0 Å². The Kier molecular flexibility index (Phi) is 4.34. The number of halogens is 1. The van der Waals surface area contributed by atoms with Crippen molar-refractivity contribution in [1.29, 1.82) is 0 Å². The van der Waals surface area contributed by atoms with Gasteiger partial charge in [0.25, 0.3) is 0 Å². The topological polar surface area (TPSA) is 47.0 Å². The summed E-state index contributed by atoms with van der Waals surface area (Å²) >= 11 is 3.44. The van der Waals surface area contributed by atoms with Crippen LogP contribution < -0.4 is 5.32 Å². The van der Waals surface area contributed by atoms with E-state index in [4.69, 9.17) is 4.74 Å². The first kappa shape index (κ1) is 12.8. The van der Waals surface area contributed by atoms with Crippen molar-refractivity contribution >= 4 is 21.7 Å². The summed E-state index contributed by atoms with van der Waals surface area (Å²) in [6, 6.07) is 2.28. The van der Waals surface area contributed by atoms with Crippen molar-refractivity contribution < 1.29 is 4.74 Å². The van der Waals surface area contributed by atoms with Crippen molar-refractivity contribution in [1.82, 2.24) is 9.97 Å². The molecule has 5 heteroatoms. The number of rotatable bonds is 6. The Morgan fingerprint density at radius 1 is 1.53 bits per heavy atom. The molecule has 1 saturated carbocycles. The highest BCUT2D eigenvalue weighted by atomic mass is 79.9. The average molecular weight is 300 g/mol. The Labute approximate surface area is 110 Å². The maximum absolute atomic E-state index is 5.06. The monoisotopic (exact) mass is 299 g/mol. The lowest BCUT2D eigenvalue weighted by molar-refractivity contribution is 0.191. The number of hydrogen-bond acceptors (Lipinski definition) is 4. The van der Waals surface area contributed by atoms with E-state index in [9.17, 15) is 0 Å². The van der Waals surface area contributed by atoms with Gasteiger partial charge in [-0.05, 0) is 42.1 Å². The summed E-state index contributed by atoms with van der Waals surface area (Å²) in [5, 5.41) is 3.38. The predicted molar refractivity (Wildman–Crippen MR) is 71.3 cm³/mol. The fraction of sp³-hybridized carbons (Fsp3) is 0.667. The number of methoxy groups -OCH3 is 1. The molecule has 4 nitrogen and oxygen atoms in total. The van der Waals surface area contributed by atoms with Crippen LogP contribution in [0.3, 0.4) is 0 Å². The van der Waals surface area contributed by atoms with Crippen LogP contribution in [0.5, 0.6) is 0 Å². The summed E-state index contributed by atoms with van der Waals surface area (Å²) < 4.78 is 5.92. The molecule has 0 aromatic carbocycles. The van der Waals surface area contributed by atoms with Crippen molar-refractivity contribution in [3.05, 3.63) is 16.5 Å². The highest BCUT2D eigenvalue weighted by molar-refractivity contribution is 9.10. The molecule has 1 heterocycles. The molecule has 1 fully saturated rings. The average Bonchev–Trinajstić information content (AvgIpc) is 3.09. The van der Waals surface area contributed by atoms with Gasteiger partial charge in [-0.1, -0.05) is 0 Å². The normalized spacial score (nSPS) is 16.9. The summed E-state index contributed by atoms with van der Waals surface area (Å²) in [5.41, 5.74) is 0. The molecule has 1 aromatic rings. The molecule has 1 N–H and O–H groups in total. The van der Waals surface area contributed by atoms with Gasteiger partial charge < -0.3 is 10.1 Å². The smallest absolute Gasteiger partial charge is 0.135 e. The molecule has 0 amide bonds. The zero-order chi connectivity index (χ0) is 12.3. The first-order valence-corrected chi connectivity index (χ1v) is 6.78. The second kappa shape index (κ2) is 5.78. The van der Waals surface area contributed by atoms with Gasteiger partial charge in [0, 0.05) is 31.7 Å². The zero-order valence-electron chi connectivity index (χ0n) is 10.2. The van der Waals surface area contributed by atoms with Crippen molar-refractivity contribution in [2.45, 2.75) is 38.1 Å². The predicted octanol–water partition coefficient (Wildman–Crippen LogP) is 2.95. The van der Waals surface area contributed by atoms with Crippen LogP contribution in [0.15, 0.2) is 10.7 Å². The van der Waals surface area contributed by atoms with Crippen molar-refractivity contribution in [3.63, 3.8) is 0 Å². The van der Waals surface area contributed by atoms with Gasteiger partial charge in [-0.15, -0.1) is 0 Å². The molecule has 1 atom stereocenters.